The van der Waals surface area contributed by atoms with Gasteiger partial charge in [-0.2, -0.15) is 5.10 Å². The first-order valence-electron chi connectivity index (χ1n) is 9.57. The number of benzene rings is 1. The molecule has 2 amide bonds. The fraction of sp³-hybridized carbons (Fsp3) is 0.333. The Hall–Kier alpha value is -3.46. The van der Waals surface area contributed by atoms with Gasteiger partial charge in [-0.15, -0.1) is 0 Å². The van der Waals surface area contributed by atoms with E-state index in [1.54, 1.807) is 29.6 Å². The third-order valence-electron chi connectivity index (χ3n) is 4.56. The zero-order chi connectivity index (χ0) is 21.8. The maximum atomic E-state index is 12.5. The predicted molar refractivity (Wildman–Crippen MR) is 114 cm³/mol. The molecule has 0 aliphatic rings. The molecule has 0 spiro atoms. The van der Waals surface area contributed by atoms with Crippen LogP contribution in [-0.2, 0) is 9.59 Å². The third-order valence-corrected chi connectivity index (χ3v) is 4.56. The highest BCUT2D eigenvalue weighted by atomic mass is 16.5. The summed E-state index contributed by atoms with van der Waals surface area (Å²) in [5.74, 6) is 0.454. The topological polar surface area (TPSA) is 105 Å². The molecule has 0 aliphatic heterocycles. The maximum absolute atomic E-state index is 12.5. The number of carbonyl (C=O) groups excluding carboxylic acids is 2. The van der Waals surface area contributed by atoms with Crippen LogP contribution in [0.3, 0.4) is 0 Å². The number of amides is 2. The minimum absolute atomic E-state index is 0.0416. The Morgan fingerprint density at radius 3 is 2.27 bits per heavy atom. The normalized spacial score (nSPS) is 11.0. The zero-order valence-electron chi connectivity index (χ0n) is 17.8. The van der Waals surface area contributed by atoms with E-state index in [0.717, 1.165) is 17.1 Å². The van der Waals surface area contributed by atoms with Crippen molar-refractivity contribution < 1.29 is 14.1 Å². The number of carbonyl (C=O) groups is 2. The fourth-order valence-corrected chi connectivity index (χ4v) is 3.09. The summed E-state index contributed by atoms with van der Waals surface area (Å²) in [7, 11) is 1.70. The van der Waals surface area contributed by atoms with Crippen LogP contribution in [0.4, 0.5) is 11.5 Å². The van der Waals surface area contributed by atoms with Crippen LogP contribution in [0, 0.1) is 27.7 Å². The first kappa shape index (κ1) is 21.3. The number of nitrogens with zero attached hydrogens (tertiary/aromatic N) is 4. The number of aryl methyl sites for hydroxylation is 3. The molecule has 9 nitrogen and oxygen atoms in total. The highest BCUT2D eigenvalue weighted by Crippen LogP contribution is 2.23. The van der Waals surface area contributed by atoms with Gasteiger partial charge in [0.25, 0.3) is 0 Å². The molecule has 0 saturated carbocycles. The fourth-order valence-electron chi connectivity index (χ4n) is 3.09. The summed E-state index contributed by atoms with van der Waals surface area (Å²) in [6.45, 7) is 7.63. The minimum Gasteiger partial charge on any atom is -0.360 e. The molecule has 2 heterocycles. The van der Waals surface area contributed by atoms with Crippen molar-refractivity contribution in [2.75, 3.05) is 30.8 Å². The second-order valence-corrected chi connectivity index (χ2v) is 7.38. The molecular formula is C21H26N6O3. The summed E-state index contributed by atoms with van der Waals surface area (Å²) in [6.07, 6.45) is 0. The molecular weight excluding hydrogens is 384 g/mol. The van der Waals surface area contributed by atoms with Crippen LogP contribution in [0.2, 0.25) is 0 Å². The van der Waals surface area contributed by atoms with E-state index in [1.165, 1.54) is 5.56 Å². The van der Waals surface area contributed by atoms with Crippen LogP contribution >= 0.6 is 0 Å². The van der Waals surface area contributed by atoms with E-state index in [9.17, 15) is 9.59 Å². The van der Waals surface area contributed by atoms with Gasteiger partial charge in [-0.05, 0) is 46.9 Å². The molecule has 158 valence electrons. The molecule has 30 heavy (non-hydrogen) atoms. The van der Waals surface area contributed by atoms with E-state index in [1.807, 2.05) is 45.0 Å². The summed E-state index contributed by atoms with van der Waals surface area (Å²) in [5, 5.41) is 13.8. The molecule has 3 rings (SSSR count). The molecule has 2 N–H and O–H groups in total. The lowest BCUT2D eigenvalue weighted by atomic mass is 10.2. The largest absolute Gasteiger partial charge is 0.360 e. The van der Waals surface area contributed by atoms with Crippen molar-refractivity contribution in [2.24, 2.45) is 0 Å². The quantitative estimate of drug-likeness (QED) is 0.620. The molecule has 0 unspecified atom stereocenters. The van der Waals surface area contributed by atoms with E-state index in [0.29, 0.717) is 17.3 Å². The summed E-state index contributed by atoms with van der Waals surface area (Å²) >= 11 is 0. The van der Waals surface area contributed by atoms with Crippen LogP contribution in [0.25, 0.3) is 5.69 Å². The van der Waals surface area contributed by atoms with Crippen molar-refractivity contribution in [3.05, 3.63) is 53.0 Å². The van der Waals surface area contributed by atoms with Crippen LogP contribution in [0.1, 0.15) is 22.7 Å². The molecule has 0 saturated heterocycles. The van der Waals surface area contributed by atoms with Crippen LogP contribution in [0.5, 0.6) is 0 Å². The van der Waals surface area contributed by atoms with Gasteiger partial charge in [0.05, 0.1) is 35.9 Å². The van der Waals surface area contributed by atoms with Gasteiger partial charge < -0.3 is 15.2 Å². The molecule has 0 radical (unpaired) electrons. The van der Waals surface area contributed by atoms with E-state index in [-0.39, 0.29) is 24.9 Å². The number of rotatable bonds is 7. The Morgan fingerprint density at radius 1 is 1.03 bits per heavy atom. The Balaban J connectivity index is 1.59. The minimum atomic E-state index is -0.279. The van der Waals surface area contributed by atoms with E-state index in [4.69, 9.17) is 4.52 Å². The monoisotopic (exact) mass is 410 g/mol. The van der Waals surface area contributed by atoms with Crippen molar-refractivity contribution >= 4 is 23.3 Å². The maximum Gasteiger partial charge on any atom is 0.239 e. The van der Waals surface area contributed by atoms with Gasteiger partial charge in [0.15, 0.2) is 5.82 Å². The first-order chi connectivity index (χ1) is 14.2. The van der Waals surface area contributed by atoms with E-state index >= 15 is 0 Å². The molecule has 0 atom stereocenters. The summed E-state index contributed by atoms with van der Waals surface area (Å²) in [4.78, 5) is 26.2. The highest BCUT2D eigenvalue weighted by Gasteiger charge is 2.17. The van der Waals surface area contributed by atoms with Gasteiger partial charge in [-0.1, -0.05) is 22.9 Å². The number of likely N-dealkylation sites (N-methyl/N-ethyl adjacent to an activating group) is 1. The van der Waals surface area contributed by atoms with Gasteiger partial charge in [0.2, 0.25) is 11.8 Å². The number of nitrogens with one attached hydrogen (secondary N) is 2. The Bertz CT molecular complexity index is 1050. The number of aromatic nitrogens is 3. The molecule has 9 heteroatoms. The summed E-state index contributed by atoms with van der Waals surface area (Å²) in [6, 6.07) is 9.64. The Morgan fingerprint density at radius 2 is 1.67 bits per heavy atom. The Labute approximate surface area is 175 Å². The zero-order valence-corrected chi connectivity index (χ0v) is 17.8. The van der Waals surface area contributed by atoms with E-state index in [2.05, 4.69) is 20.9 Å². The highest BCUT2D eigenvalue weighted by molar-refractivity contribution is 5.95. The van der Waals surface area contributed by atoms with Gasteiger partial charge >= 0.3 is 0 Å². The smallest absolute Gasteiger partial charge is 0.239 e. The van der Waals surface area contributed by atoms with Gasteiger partial charge in [-0.25, -0.2) is 4.68 Å². The van der Waals surface area contributed by atoms with Crippen molar-refractivity contribution in [1.82, 2.24) is 19.8 Å². The second kappa shape index (κ2) is 8.91. The SMILES string of the molecule is Cc1ccc(-n2nc(C)c(NC(=O)CN(C)CC(=O)Nc3cc(C)on3)c2C)cc1. The molecule has 0 fully saturated rings. The van der Waals surface area contributed by atoms with Gasteiger partial charge in [-0.3, -0.25) is 14.5 Å². The lowest BCUT2D eigenvalue weighted by molar-refractivity contribution is -0.119. The van der Waals surface area contributed by atoms with Crippen molar-refractivity contribution in [2.45, 2.75) is 27.7 Å². The van der Waals surface area contributed by atoms with E-state index < -0.39 is 0 Å². The lowest BCUT2D eigenvalue weighted by Gasteiger charge is -2.15. The number of anilines is 2. The molecule has 0 aliphatic carbocycles. The molecule has 3 aromatic rings. The van der Waals surface area contributed by atoms with Crippen LogP contribution in [0.15, 0.2) is 34.9 Å². The standard InChI is InChI=1S/C21H26N6O3/c1-13-6-8-17(9-7-13)27-16(4)21(15(3)24-27)23-20(29)12-26(5)11-19(28)22-18-10-14(2)30-25-18/h6-10H,11-12H2,1-5H3,(H,23,29)(H,22,25,28). The first-order valence-corrected chi connectivity index (χ1v) is 9.57. The predicted octanol–water partition coefficient (Wildman–Crippen LogP) is 2.60. The average Bonchev–Trinajstić information content (AvgIpc) is 3.19. The van der Waals surface area contributed by atoms with Crippen molar-refractivity contribution in [1.29, 1.82) is 0 Å². The summed E-state index contributed by atoms with van der Waals surface area (Å²) < 4.78 is 6.72. The number of hydrogen-bond acceptors (Lipinski definition) is 6. The van der Waals surface area contributed by atoms with Gasteiger partial charge in [0.1, 0.15) is 5.76 Å². The number of hydrogen-bond donors (Lipinski definition) is 2. The van der Waals surface area contributed by atoms with Gasteiger partial charge in [0, 0.05) is 6.07 Å². The Kier molecular flexibility index (Phi) is 6.31. The van der Waals surface area contributed by atoms with Crippen molar-refractivity contribution in [3.63, 3.8) is 0 Å². The second-order valence-electron chi connectivity index (χ2n) is 7.38. The van der Waals surface area contributed by atoms with Crippen LogP contribution < -0.4 is 10.6 Å². The van der Waals surface area contributed by atoms with Crippen molar-refractivity contribution in [3.8, 4) is 5.69 Å². The lowest BCUT2D eigenvalue weighted by Crippen LogP contribution is -2.36. The third kappa shape index (κ3) is 5.12. The average molecular weight is 410 g/mol. The summed E-state index contributed by atoms with van der Waals surface area (Å²) in [5.41, 5.74) is 4.34. The molecule has 0 bridgehead atoms. The molecule has 2 aromatic heterocycles. The molecule has 1 aromatic carbocycles. The van der Waals surface area contributed by atoms with Crippen LogP contribution in [-0.4, -0.2) is 51.8 Å².